The Bertz CT molecular complexity index is 1050. The normalized spacial score (nSPS) is 21.1. The van der Waals surface area contributed by atoms with Crippen molar-refractivity contribution >= 4 is 29.0 Å². The molecule has 1 heterocycles. The van der Waals surface area contributed by atoms with Gasteiger partial charge in [-0.3, -0.25) is 14.2 Å². The molecule has 7 nitrogen and oxygen atoms in total. The second kappa shape index (κ2) is 10.3. The fourth-order valence-corrected chi connectivity index (χ4v) is 4.56. The summed E-state index contributed by atoms with van der Waals surface area (Å²) in [5, 5.41) is 3.61. The minimum Gasteiger partial charge on any atom is -0.490 e. The highest BCUT2D eigenvalue weighted by atomic mass is 32.1. The van der Waals surface area contributed by atoms with Crippen LogP contribution in [0.3, 0.4) is 0 Å². The van der Waals surface area contributed by atoms with Crippen LogP contribution in [0.2, 0.25) is 0 Å². The van der Waals surface area contributed by atoms with Crippen LogP contribution in [0.25, 0.3) is 10.9 Å². The summed E-state index contributed by atoms with van der Waals surface area (Å²) in [4.78, 5) is 28.8. The van der Waals surface area contributed by atoms with E-state index in [1.165, 1.54) is 11.0 Å². The van der Waals surface area contributed by atoms with E-state index in [1.807, 2.05) is 13.8 Å². The van der Waals surface area contributed by atoms with E-state index in [2.05, 4.69) is 24.1 Å². The third-order valence-electron chi connectivity index (χ3n) is 6.26. The topological polar surface area (TPSA) is 85.4 Å². The highest BCUT2D eigenvalue weighted by Gasteiger charge is 2.28. The molecule has 170 valence electrons. The maximum Gasteiger partial charge on any atom is 0.262 e. The Morgan fingerprint density at radius 1 is 1.19 bits per heavy atom. The Hall–Kier alpha value is -2.35. The average molecular weight is 448 g/mol. The zero-order chi connectivity index (χ0) is 22.5. The number of aromatic amines is 1. The van der Waals surface area contributed by atoms with Crippen LogP contribution >= 0.6 is 12.2 Å². The molecule has 1 amide bonds. The lowest BCUT2D eigenvalue weighted by atomic mass is 9.78. The minimum absolute atomic E-state index is 0.0472. The minimum atomic E-state index is -0.241. The van der Waals surface area contributed by atoms with E-state index >= 15 is 0 Å². The number of hydrogen-bond acceptors (Lipinski definition) is 5. The molecule has 0 unspecified atom stereocenters. The smallest absolute Gasteiger partial charge is 0.262 e. The van der Waals surface area contributed by atoms with Gasteiger partial charge in [-0.05, 0) is 50.4 Å². The Balaban J connectivity index is 1.80. The predicted octanol–water partition coefficient (Wildman–Crippen LogP) is 4.19. The number of nitrogens with zero attached hydrogens (tertiary/aromatic N) is 1. The molecule has 1 aliphatic carbocycles. The fraction of sp³-hybridized carbons (Fsp3) is 0.609. The van der Waals surface area contributed by atoms with Crippen LogP contribution in [0.4, 0.5) is 0 Å². The van der Waals surface area contributed by atoms with Gasteiger partial charge in [-0.2, -0.15) is 0 Å². The third-order valence-corrected chi connectivity index (χ3v) is 6.58. The molecule has 1 fully saturated rings. The van der Waals surface area contributed by atoms with E-state index in [4.69, 9.17) is 21.7 Å². The lowest BCUT2D eigenvalue weighted by Gasteiger charge is -2.34. The van der Waals surface area contributed by atoms with Crippen LogP contribution in [-0.4, -0.2) is 34.7 Å². The summed E-state index contributed by atoms with van der Waals surface area (Å²) in [6, 6.07) is 3.62. The van der Waals surface area contributed by atoms with Crippen LogP contribution in [0.5, 0.6) is 11.5 Å². The highest BCUT2D eigenvalue weighted by molar-refractivity contribution is 7.71. The SMILES string of the molecule is CCOc1cc2[nH]c(=S)n(CCC(=O)N[C@@H]3CCC[C@H](C)[C@@H]3C)c(=O)c2cc1OCC. The van der Waals surface area contributed by atoms with Gasteiger partial charge in [0, 0.05) is 25.1 Å². The van der Waals surface area contributed by atoms with E-state index in [-0.39, 0.29) is 35.2 Å². The van der Waals surface area contributed by atoms with E-state index in [0.29, 0.717) is 47.5 Å². The second-order valence-electron chi connectivity index (χ2n) is 8.29. The number of hydrogen-bond donors (Lipinski definition) is 2. The number of H-pyrrole nitrogens is 1. The van der Waals surface area contributed by atoms with Crippen molar-refractivity contribution in [1.82, 2.24) is 14.9 Å². The molecule has 1 saturated carbocycles. The van der Waals surface area contributed by atoms with E-state index in [1.54, 1.807) is 12.1 Å². The Morgan fingerprint density at radius 3 is 2.55 bits per heavy atom. The zero-order valence-corrected chi connectivity index (χ0v) is 19.6. The van der Waals surface area contributed by atoms with Crippen molar-refractivity contribution in [3.63, 3.8) is 0 Å². The third kappa shape index (κ3) is 5.29. The number of fused-ring (bicyclic) bond motifs is 1. The molecule has 2 aromatic rings. The molecule has 0 aliphatic heterocycles. The Morgan fingerprint density at radius 2 is 1.87 bits per heavy atom. The van der Waals surface area contributed by atoms with Gasteiger partial charge in [0.2, 0.25) is 5.91 Å². The molecule has 0 radical (unpaired) electrons. The van der Waals surface area contributed by atoms with Gasteiger partial charge in [-0.15, -0.1) is 0 Å². The summed E-state index contributed by atoms with van der Waals surface area (Å²) in [7, 11) is 0. The Labute approximate surface area is 188 Å². The molecule has 0 spiro atoms. The summed E-state index contributed by atoms with van der Waals surface area (Å²) in [6.45, 7) is 9.38. The molecule has 1 aromatic carbocycles. The zero-order valence-electron chi connectivity index (χ0n) is 18.8. The van der Waals surface area contributed by atoms with Gasteiger partial charge in [0.25, 0.3) is 5.56 Å². The van der Waals surface area contributed by atoms with Crippen LogP contribution in [-0.2, 0) is 11.3 Å². The summed E-state index contributed by atoms with van der Waals surface area (Å²) in [5.74, 6) is 2.10. The molecule has 3 rings (SSSR count). The monoisotopic (exact) mass is 447 g/mol. The molecule has 2 N–H and O–H groups in total. The molecule has 1 aliphatic rings. The largest absolute Gasteiger partial charge is 0.490 e. The molecule has 0 saturated heterocycles. The summed E-state index contributed by atoms with van der Waals surface area (Å²) in [6.07, 6.45) is 3.56. The molecule has 8 heteroatoms. The maximum absolute atomic E-state index is 13.1. The van der Waals surface area contributed by atoms with Gasteiger partial charge in [-0.25, -0.2) is 0 Å². The molecular weight excluding hydrogens is 414 g/mol. The highest BCUT2D eigenvalue weighted by Crippen LogP contribution is 2.31. The van der Waals surface area contributed by atoms with Crippen molar-refractivity contribution in [3.8, 4) is 11.5 Å². The lowest BCUT2D eigenvalue weighted by Crippen LogP contribution is -2.44. The molecule has 0 bridgehead atoms. The van der Waals surface area contributed by atoms with Crippen molar-refractivity contribution in [2.45, 2.75) is 66.0 Å². The first kappa shape index (κ1) is 23.3. The number of carbonyl (C=O) groups is 1. The number of nitrogens with one attached hydrogen (secondary N) is 2. The van der Waals surface area contributed by atoms with Crippen LogP contribution in [0.15, 0.2) is 16.9 Å². The average Bonchev–Trinajstić information content (AvgIpc) is 2.72. The first-order valence-electron chi connectivity index (χ1n) is 11.2. The molecule has 1 aromatic heterocycles. The number of ether oxygens (including phenoxy) is 2. The maximum atomic E-state index is 13.1. The number of aromatic nitrogens is 2. The predicted molar refractivity (Wildman–Crippen MR) is 124 cm³/mol. The standard InChI is InChI=1S/C23H33N3O4S/c1-5-29-19-12-16-18(13-20(19)30-6-2)25-23(31)26(22(16)28)11-10-21(27)24-17-9-7-8-14(3)15(17)4/h12-15,17H,5-11H2,1-4H3,(H,24,27)(H,25,31)/t14-,15-,17+/m0/s1. The van der Waals surface area contributed by atoms with Crippen molar-refractivity contribution in [3.05, 3.63) is 27.3 Å². The van der Waals surface area contributed by atoms with Gasteiger partial charge < -0.3 is 19.8 Å². The van der Waals surface area contributed by atoms with E-state index in [0.717, 1.165) is 12.8 Å². The van der Waals surface area contributed by atoms with Crippen LogP contribution in [0.1, 0.15) is 53.4 Å². The van der Waals surface area contributed by atoms with Crippen molar-refractivity contribution < 1.29 is 14.3 Å². The van der Waals surface area contributed by atoms with Gasteiger partial charge >= 0.3 is 0 Å². The number of carbonyl (C=O) groups excluding carboxylic acids is 1. The molecule has 31 heavy (non-hydrogen) atoms. The number of amides is 1. The lowest BCUT2D eigenvalue weighted by molar-refractivity contribution is -0.122. The van der Waals surface area contributed by atoms with Crippen molar-refractivity contribution in [2.75, 3.05) is 13.2 Å². The van der Waals surface area contributed by atoms with E-state index < -0.39 is 0 Å². The Kier molecular flexibility index (Phi) is 7.75. The van der Waals surface area contributed by atoms with Gasteiger partial charge in [-0.1, -0.05) is 26.7 Å². The summed E-state index contributed by atoms with van der Waals surface area (Å²) >= 11 is 5.41. The van der Waals surface area contributed by atoms with E-state index in [9.17, 15) is 9.59 Å². The van der Waals surface area contributed by atoms with Crippen LogP contribution in [0, 0.1) is 16.6 Å². The number of rotatable bonds is 8. The summed E-state index contributed by atoms with van der Waals surface area (Å²) in [5.41, 5.74) is 0.350. The van der Waals surface area contributed by atoms with Gasteiger partial charge in [0.1, 0.15) is 0 Å². The van der Waals surface area contributed by atoms with Gasteiger partial charge in [0.15, 0.2) is 16.3 Å². The fourth-order valence-electron chi connectivity index (χ4n) is 4.28. The van der Waals surface area contributed by atoms with Crippen molar-refractivity contribution in [1.29, 1.82) is 0 Å². The first-order valence-corrected chi connectivity index (χ1v) is 11.6. The number of benzene rings is 1. The second-order valence-corrected chi connectivity index (χ2v) is 8.68. The molecular formula is C23H33N3O4S. The van der Waals surface area contributed by atoms with Crippen molar-refractivity contribution in [2.24, 2.45) is 11.8 Å². The van der Waals surface area contributed by atoms with Gasteiger partial charge in [0.05, 0.1) is 24.1 Å². The summed E-state index contributed by atoms with van der Waals surface area (Å²) < 4.78 is 13.0. The quantitative estimate of drug-likeness (QED) is 0.593. The first-order chi connectivity index (χ1) is 14.8. The van der Waals surface area contributed by atoms with Crippen LogP contribution < -0.4 is 20.3 Å². The molecule has 3 atom stereocenters.